The summed E-state index contributed by atoms with van der Waals surface area (Å²) in [6.45, 7) is 4.34. The van der Waals surface area contributed by atoms with Crippen molar-refractivity contribution in [3.8, 4) is 0 Å². The Bertz CT molecular complexity index is 401. The quantitative estimate of drug-likeness (QED) is 0.194. The second kappa shape index (κ2) is 20.8. The van der Waals surface area contributed by atoms with Crippen LogP contribution in [0.4, 0.5) is 0 Å². The fourth-order valence-electron chi connectivity index (χ4n) is 3.47. The van der Waals surface area contributed by atoms with Crippen LogP contribution in [0.15, 0.2) is 0 Å². The minimum absolute atomic E-state index is 0. The van der Waals surface area contributed by atoms with Crippen molar-refractivity contribution in [3.05, 3.63) is 0 Å². The molecule has 0 radical (unpaired) electrons. The second-order valence-electron chi connectivity index (χ2n) is 7.81. The average Bonchev–Trinajstić information content (AvgIpc) is 2.58. The number of aliphatic hydroxyl groups excluding tert-OH is 1. The average molecular weight is 431 g/mol. The molecule has 0 amide bonds. The van der Waals surface area contributed by atoms with Gasteiger partial charge in [-0.25, -0.2) is 8.42 Å². The largest absolute Gasteiger partial charge is 1.00 e. The predicted molar refractivity (Wildman–Crippen MR) is 109 cm³/mol. The number of rotatable bonds is 19. The van der Waals surface area contributed by atoms with Crippen LogP contribution in [0, 0.1) is 0 Å². The van der Waals surface area contributed by atoms with Crippen LogP contribution < -0.4 is 51.4 Å². The number of hydrogen-bond acceptors (Lipinski definition) is 4. The summed E-state index contributed by atoms with van der Waals surface area (Å²) in [6.07, 6.45) is 16.4. The van der Waals surface area contributed by atoms with Crippen LogP contribution in [0.25, 0.3) is 0 Å². The molecular weight excluding hydrogens is 387 g/mol. The van der Waals surface area contributed by atoms with Gasteiger partial charge in [0.15, 0.2) is 0 Å². The van der Waals surface area contributed by atoms with Gasteiger partial charge in [-0.2, -0.15) is 0 Å². The third kappa shape index (κ3) is 20.6. The molecule has 0 bridgehead atoms. The topological polar surface area (TPSA) is 77.4 Å². The third-order valence-corrected chi connectivity index (χ3v) is 6.53. The molecular formula is C21H43KO4S. The molecule has 0 heterocycles. The van der Waals surface area contributed by atoms with E-state index in [-0.39, 0.29) is 57.5 Å². The summed E-state index contributed by atoms with van der Waals surface area (Å²) in [6, 6.07) is 0. The van der Waals surface area contributed by atoms with Gasteiger partial charge in [0.05, 0.1) is 16.2 Å². The molecule has 0 saturated heterocycles. The zero-order valence-corrected chi connectivity index (χ0v) is 22.2. The van der Waals surface area contributed by atoms with Gasteiger partial charge < -0.3 is 9.66 Å². The van der Waals surface area contributed by atoms with Crippen molar-refractivity contribution in [3.63, 3.8) is 0 Å². The Balaban J connectivity index is 0. The maximum atomic E-state index is 11.5. The summed E-state index contributed by atoms with van der Waals surface area (Å²) in [7, 11) is -4.22. The molecule has 0 spiro atoms. The zero-order chi connectivity index (χ0) is 19.7. The van der Waals surface area contributed by atoms with E-state index in [1.165, 1.54) is 38.5 Å². The van der Waals surface area contributed by atoms with E-state index in [2.05, 4.69) is 13.8 Å². The monoisotopic (exact) mass is 430 g/mol. The van der Waals surface area contributed by atoms with Crippen LogP contribution in [-0.2, 0) is 10.1 Å². The molecule has 2 atom stereocenters. The standard InChI is InChI=1S/C21H44O4S.K/c1-3-5-7-8-9-10-11-12-14-18-21(26(23,24)25)19-15-17-20(22)16-13-6-4-2;/h20-22H,3-19H2,1-2H3,(H,23,24,25);/q;+1/p-1. The molecule has 0 aromatic rings. The Hall–Kier alpha value is 1.51. The van der Waals surface area contributed by atoms with E-state index in [1.54, 1.807) is 0 Å². The predicted octanol–water partition coefficient (Wildman–Crippen LogP) is 2.94. The molecule has 0 rings (SSSR count). The maximum absolute atomic E-state index is 11.5. The molecule has 158 valence electrons. The van der Waals surface area contributed by atoms with E-state index < -0.39 is 15.4 Å². The molecule has 27 heavy (non-hydrogen) atoms. The molecule has 1 N–H and O–H groups in total. The van der Waals surface area contributed by atoms with Crippen molar-refractivity contribution in [2.45, 2.75) is 134 Å². The summed E-state index contributed by atoms with van der Waals surface area (Å²) >= 11 is 0. The van der Waals surface area contributed by atoms with Gasteiger partial charge in [0.2, 0.25) is 0 Å². The second-order valence-corrected chi connectivity index (χ2v) is 9.46. The minimum Gasteiger partial charge on any atom is -0.748 e. The molecule has 4 nitrogen and oxygen atoms in total. The van der Waals surface area contributed by atoms with Crippen molar-refractivity contribution in [2.24, 2.45) is 0 Å². The molecule has 0 aromatic carbocycles. The first kappa shape index (κ1) is 30.7. The fourth-order valence-corrected chi connectivity index (χ4v) is 4.38. The Morgan fingerprint density at radius 2 is 1.04 bits per heavy atom. The van der Waals surface area contributed by atoms with Crippen LogP contribution in [0.3, 0.4) is 0 Å². The third-order valence-electron chi connectivity index (χ3n) is 5.24. The molecule has 0 aromatic heterocycles. The van der Waals surface area contributed by atoms with E-state index in [1.807, 2.05) is 0 Å². The van der Waals surface area contributed by atoms with E-state index >= 15 is 0 Å². The van der Waals surface area contributed by atoms with Crippen LogP contribution in [0.5, 0.6) is 0 Å². The van der Waals surface area contributed by atoms with E-state index in [0.717, 1.165) is 44.9 Å². The van der Waals surface area contributed by atoms with Crippen molar-refractivity contribution in [1.82, 2.24) is 0 Å². The summed E-state index contributed by atoms with van der Waals surface area (Å²) in [4.78, 5) is 0. The molecule has 6 heteroatoms. The molecule has 0 saturated carbocycles. The summed E-state index contributed by atoms with van der Waals surface area (Å²) in [5.41, 5.74) is 0. The van der Waals surface area contributed by atoms with Gasteiger partial charge in [-0.05, 0) is 32.1 Å². The Labute approximate surface area is 211 Å². The van der Waals surface area contributed by atoms with Crippen molar-refractivity contribution >= 4 is 10.1 Å². The number of unbranched alkanes of at least 4 members (excludes halogenated alkanes) is 10. The summed E-state index contributed by atoms with van der Waals surface area (Å²) in [5, 5.41) is 9.15. The van der Waals surface area contributed by atoms with Gasteiger partial charge in [0, 0.05) is 5.25 Å². The van der Waals surface area contributed by atoms with Crippen molar-refractivity contribution < 1.29 is 69.5 Å². The van der Waals surface area contributed by atoms with Crippen LogP contribution in [0.2, 0.25) is 0 Å². The Morgan fingerprint density at radius 3 is 1.56 bits per heavy atom. The van der Waals surface area contributed by atoms with E-state index in [9.17, 15) is 18.1 Å². The molecule has 0 fully saturated rings. The molecule has 0 aliphatic rings. The maximum Gasteiger partial charge on any atom is 1.00 e. The van der Waals surface area contributed by atoms with Gasteiger partial charge in [-0.15, -0.1) is 0 Å². The first-order valence-electron chi connectivity index (χ1n) is 11.0. The van der Waals surface area contributed by atoms with Crippen molar-refractivity contribution in [1.29, 1.82) is 0 Å². The minimum atomic E-state index is -4.22. The van der Waals surface area contributed by atoms with Gasteiger partial charge in [0.25, 0.3) is 0 Å². The van der Waals surface area contributed by atoms with Gasteiger partial charge in [0.1, 0.15) is 0 Å². The normalized spacial score (nSPS) is 13.9. The first-order chi connectivity index (χ1) is 12.4. The SMILES string of the molecule is CCCCCCCCCCCC(CCCC(O)CCCCC)S(=O)(=O)[O-].[K+]. The van der Waals surface area contributed by atoms with Gasteiger partial charge in [-0.3, -0.25) is 0 Å². The summed E-state index contributed by atoms with van der Waals surface area (Å²) < 4.78 is 34.4. The van der Waals surface area contributed by atoms with Crippen LogP contribution in [-0.4, -0.2) is 29.4 Å². The Kier molecular flexibility index (Phi) is 23.6. The van der Waals surface area contributed by atoms with Gasteiger partial charge in [-0.1, -0.05) is 90.9 Å². The number of aliphatic hydroxyl groups is 1. The van der Waals surface area contributed by atoms with E-state index in [0.29, 0.717) is 25.7 Å². The van der Waals surface area contributed by atoms with Crippen LogP contribution in [0.1, 0.15) is 123 Å². The van der Waals surface area contributed by atoms with Gasteiger partial charge >= 0.3 is 51.4 Å². The smallest absolute Gasteiger partial charge is 0.748 e. The molecule has 0 aliphatic carbocycles. The first-order valence-corrected chi connectivity index (χ1v) is 12.5. The van der Waals surface area contributed by atoms with Crippen LogP contribution >= 0.6 is 0 Å². The van der Waals surface area contributed by atoms with Crippen molar-refractivity contribution in [2.75, 3.05) is 0 Å². The zero-order valence-electron chi connectivity index (χ0n) is 18.3. The number of hydrogen-bond donors (Lipinski definition) is 1. The molecule has 2 unspecified atom stereocenters. The molecule has 0 aliphatic heterocycles. The Morgan fingerprint density at radius 1 is 0.667 bits per heavy atom. The summed E-state index contributed by atoms with van der Waals surface area (Å²) in [5.74, 6) is 0. The fraction of sp³-hybridized carbons (Fsp3) is 1.00. The van der Waals surface area contributed by atoms with E-state index in [4.69, 9.17) is 0 Å².